The van der Waals surface area contributed by atoms with Gasteiger partial charge >= 0.3 is 0 Å². The minimum Gasteiger partial charge on any atom is -0.373 e. The summed E-state index contributed by atoms with van der Waals surface area (Å²) in [5.74, 6) is 0.381. The van der Waals surface area contributed by atoms with Crippen molar-refractivity contribution in [3.05, 3.63) is 52.7 Å². The van der Waals surface area contributed by atoms with E-state index in [0.29, 0.717) is 22.2 Å². The zero-order chi connectivity index (χ0) is 13.8. The van der Waals surface area contributed by atoms with Crippen molar-refractivity contribution in [2.24, 2.45) is 0 Å². The van der Waals surface area contributed by atoms with E-state index in [2.05, 4.69) is 15.6 Å². The van der Waals surface area contributed by atoms with Gasteiger partial charge in [0, 0.05) is 17.8 Å². The lowest BCUT2D eigenvalue weighted by Gasteiger charge is -2.07. The van der Waals surface area contributed by atoms with E-state index >= 15 is 0 Å². The molecule has 2 aromatic rings. The number of aromatic nitrogens is 1. The van der Waals surface area contributed by atoms with Crippen molar-refractivity contribution in [3.8, 4) is 0 Å². The fourth-order valence-corrected chi connectivity index (χ4v) is 1.75. The maximum Gasteiger partial charge on any atom is 0.274 e. The summed E-state index contributed by atoms with van der Waals surface area (Å²) in [6.07, 6.45) is 0. The average Bonchev–Trinajstić information content (AvgIpc) is 2.43. The molecular weight excluding hydrogens is 262 g/mol. The van der Waals surface area contributed by atoms with E-state index in [9.17, 15) is 4.79 Å². The van der Waals surface area contributed by atoms with Crippen molar-refractivity contribution < 1.29 is 4.79 Å². The van der Waals surface area contributed by atoms with Crippen LogP contribution in [0, 0.1) is 6.92 Å². The molecular formula is C14H14ClN3O. The van der Waals surface area contributed by atoms with Crippen molar-refractivity contribution in [1.29, 1.82) is 0 Å². The molecule has 1 heterocycles. The third kappa shape index (κ3) is 3.23. The second-order valence-electron chi connectivity index (χ2n) is 4.08. The van der Waals surface area contributed by atoms with Crippen LogP contribution in [0.5, 0.6) is 0 Å². The van der Waals surface area contributed by atoms with Gasteiger partial charge in [-0.1, -0.05) is 23.7 Å². The smallest absolute Gasteiger partial charge is 0.274 e. The molecule has 2 N–H and O–H groups in total. The molecule has 1 aromatic heterocycles. The number of nitrogens with one attached hydrogen (secondary N) is 2. The molecule has 0 saturated carbocycles. The summed E-state index contributed by atoms with van der Waals surface area (Å²) >= 11 is 6.01. The largest absolute Gasteiger partial charge is 0.373 e. The summed E-state index contributed by atoms with van der Waals surface area (Å²) in [5.41, 5.74) is 1.97. The van der Waals surface area contributed by atoms with E-state index in [0.717, 1.165) is 5.56 Å². The predicted octanol–water partition coefficient (Wildman–Crippen LogP) is 3.34. The number of anilines is 2. The van der Waals surface area contributed by atoms with Gasteiger partial charge in [-0.15, -0.1) is 0 Å². The van der Waals surface area contributed by atoms with Gasteiger partial charge in [-0.25, -0.2) is 4.98 Å². The molecule has 0 atom stereocenters. The van der Waals surface area contributed by atoms with Gasteiger partial charge in [-0.2, -0.15) is 0 Å². The second kappa shape index (κ2) is 5.71. The molecule has 5 heteroatoms. The summed E-state index contributed by atoms with van der Waals surface area (Å²) in [6, 6.07) is 10.6. The molecule has 0 unspecified atom stereocenters. The molecule has 19 heavy (non-hydrogen) atoms. The van der Waals surface area contributed by atoms with Crippen LogP contribution in [0.4, 0.5) is 11.5 Å². The Morgan fingerprint density at radius 2 is 2.05 bits per heavy atom. The number of hydrogen-bond acceptors (Lipinski definition) is 3. The second-order valence-corrected chi connectivity index (χ2v) is 4.48. The number of carbonyl (C=O) groups is 1. The molecule has 2 rings (SSSR count). The van der Waals surface area contributed by atoms with Crippen LogP contribution >= 0.6 is 11.6 Å². The van der Waals surface area contributed by atoms with E-state index in [1.807, 2.05) is 13.0 Å². The van der Waals surface area contributed by atoms with Gasteiger partial charge in [0.2, 0.25) is 0 Å². The van der Waals surface area contributed by atoms with Gasteiger partial charge < -0.3 is 10.6 Å². The predicted molar refractivity (Wildman–Crippen MR) is 77.9 cm³/mol. The first-order valence-electron chi connectivity index (χ1n) is 5.82. The molecule has 0 aliphatic rings. The molecule has 0 fully saturated rings. The third-order valence-electron chi connectivity index (χ3n) is 2.67. The highest BCUT2D eigenvalue weighted by Gasteiger charge is 2.08. The molecule has 1 amide bonds. The molecule has 0 aliphatic carbocycles. The van der Waals surface area contributed by atoms with Gasteiger partial charge in [-0.05, 0) is 36.8 Å². The fraction of sp³-hybridized carbons (Fsp3) is 0.143. The van der Waals surface area contributed by atoms with Crippen molar-refractivity contribution in [2.45, 2.75) is 6.92 Å². The number of nitrogens with zero attached hydrogens (tertiary/aromatic N) is 1. The third-order valence-corrected chi connectivity index (χ3v) is 3.07. The van der Waals surface area contributed by atoms with Gasteiger partial charge in [-0.3, -0.25) is 4.79 Å². The Morgan fingerprint density at radius 1 is 1.26 bits per heavy atom. The first-order valence-corrected chi connectivity index (χ1v) is 6.20. The zero-order valence-corrected chi connectivity index (χ0v) is 11.5. The molecule has 0 saturated heterocycles. The normalized spacial score (nSPS) is 10.1. The topological polar surface area (TPSA) is 54.0 Å². The van der Waals surface area contributed by atoms with Crippen molar-refractivity contribution in [2.75, 3.05) is 17.7 Å². The number of amides is 1. The SMILES string of the molecule is CNc1cccc(C(=O)Nc2ccc(C)c(Cl)c2)n1. The van der Waals surface area contributed by atoms with Crippen molar-refractivity contribution in [3.63, 3.8) is 0 Å². The highest BCUT2D eigenvalue weighted by Crippen LogP contribution is 2.20. The first kappa shape index (κ1) is 13.4. The Morgan fingerprint density at radius 3 is 2.74 bits per heavy atom. The Bertz CT molecular complexity index is 613. The molecule has 98 valence electrons. The van der Waals surface area contributed by atoms with Crippen LogP contribution in [-0.4, -0.2) is 17.9 Å². The van der Waals surface area contributed by atoms with E-state index in [-0.39, 0.29) is 5.91 Å². The van der Waals surface area contributed by atoms with Crippen LogP contribution in [-0.2, 0) is 0 Å². The lowest BCUT2D eigenvalue weighted by molar-refractivity contribution is 0.102. The lowest BCUT2D eigenvalue weighted by Crippen LogP contribution is -2.14. The average molecular weight is 276 g/mol. The van der Waals surface area contributed by atoms with Crippen LogP contribution in [0.2, 0.25) is 5.02 Å². The van der Waals surface area contributed by atoms with E-state index < -0.39 is 0 Å². The molecule has 1 aromatic carbocycles. The number of benzene rings is 1. The number of pyridine rings is 1. The van der Waals surface area contributed by atoms with E-state index in [4.69, 9.17) is 11.6 Å². The first-order chi connectivity index (χ1) is 9.10. The van der Waals surface area contributed by atoms with Crippen LogP contribution in [0.1, 0.15) is 16.1 Å². The number of carbonyl (C=O) groups excluding carboxylic acids is 1. The molecule has 4 nitrogen and oxygen atoms in total. The number of halogens is 1. The van der Waals surface area contributed by atoms with Crippen LogP contribution in [0.15, 0.2) is 36.4 Å². The zero-order valence-electron chi connectivity index (χ0n) is 10.7. The monoisotopic (exact) mass is 275 g/mol. The summed E-state index contributed by atoms with van der Waals surface area (Å²) < 4.78 is 0. The Kier molecular flexibility index (Phi) is 4.02. The highest BCUT2D eigenvalue weighted by molar-refractivity contribution is 6.31. The number of aryl methyl sites for hydroxylation is 1. The molecule has 0 bridgehead atoms. The van der Waals surface area contributed by atoms with Gasteiger partial charge in [0.1, 0.15) is 11.5 Å². The summed E-state index contributed by atoms with van der Waals surface area (Å²) in [7, 11) is 1.75. The quantitative estimate of drug-likeness (QED) is 0.903. The Labute approximate surface area is 116 Å². The maximum absolute atomic E-state index is 12.0. The standard InChI is InChI=1S/C14H14ClN3O/c1-9-6-7-10(8-11(9)15)17-14(19)12-4-3-5-13(16-2)18-12/h3-8H,1-2H3,(H,16,18)(H,17,19). The minimum absolute atomic E-state index is 0.267. The minimum atomic E-state index is -0.267. The van der Waals surface area contributed by atoms with Crippen LogP contribution < -0.4 is 10.6 Å². The molecule has 0 spiro atoms. The summed E-state index contributed by atoms with van der Waals surface area (Å²) in [4.78, 5) is 16.2. The lowest BCUT2D eigenvalue weighted by atomic mass is 10.2. The van der Waals surface area contributed by atoms with Crippen LogP contribution in [0.25, 0.3) is 0 Å². The number of hydrogen-bond donors (Lipinski definition) is 2. The summed E-state index contributed by atoms with van der Waals surface area (Å²) in [5, 5.41) is 6.27. The van der Waals surface area contributed by atoms with E-state index in [1.165, 1.54) is 0 Å². The van der Waals surface area contributed by atoms with Crippen LogP contribution in [0.3, 0.4) is 0 Å². The van der Waals surface area contributed by atoms with Gasteiger partial charge in [0.05, 0.1) is 0 Å². The fourth-order valence-electron chi connectivity index (χ4n) is 1.57. The highest BCUT2D eigenvalue weighted by atomic mass is 35.5. The summed E-state index contributed by atoms with van der Waals surface area (Å²) in [6.45, 7) is 1.91. The van der Waals surface area contributed by atoms with Gasteiger partial charge in [0.15, 0.2) is 0 Å². The molecule has 0 radical (unpaired) electrons. The van der Waals surface area contributed by atoms with Crippen molar-refractivity contribution in [1.82, 2.24) is 4.98 Å². The van der Waals surface area contributed by atoms with E-state index in [1.54, 1.807) is 37.4 Å². The Balaban J connectivity index is 2.18. The van der Waals surface area contributed by atoms with Crippen molar-refractivity contribution >= 4 is 29.0 Å². The maximum atomic E-state index is 12.0. The Hall–Kier alpha value is -2.07. The molecule has 0 aliphatic heterocycles. The number of rotatable bonds is 3. The van der Waals surface area contributed by atoms with Gasteiger partial charge in [0.25, 0.3) is 5.91 Å².